The molecular weight excluding hydrogens is 326 g/mol. The Morgan fingerprint density at radius 2 is 2.20 bits per heavy atom. The van der Waals surface area contributed by atoms with E-state index in [0.717, 1.165) is 36.7 Å². The zero-order chi connectivity index (χ0) is 17.8. The summed E-state index contributed by atoms with van der Waals surface area (Å²) in [5.41, 5.74) is 1.91. The predicted molar refractivity (Wildman–Crippen MR) is 91.9 cm³/mol. The van der Waals surface area contributed by atoms with Gasteiger partial charge in [-0.1, -0.05) is 12.1 Å². The minimum absolute atomic E-state index is 0.202. The lowest BCUT2D eigenvalue weighted by Gasteiger charge is -2.25. The van der Waals surface area contributed by atoms with Crippen LogP contribution in [0.3, 0.4) is 0 Å². The van der Waals surface area contributed by atoms with Gasteiger partial charge in [-0.2, -0.15) is 8.78 Å². The molecule has 3 rings (SSSR count). The van der Waals surface area contributed by atoms with Crippen molar-refractivity contribution in [2.24, 2.45) is 0 Å². The zero-order valence-corrected chi connectivity index (χ0v) is 14.4. The van der Waals surface area contributed by atoms with E-state index in [0.29, 0.717) is 12.6 Å². The topological polar surface area (TPSA) is 41.5 Å². The Kier molecular flexibility index (Phi) is 5.43. The van der Waals surface area contributed by atoms with Gasteiger partial charge in [0.05, 0.1) is 0 Å². The van der Waals surface area contributed by atoms with E-state index in [1.54, 1.807) is 24.4 Å². The third kappa shape index (κ3) is 4.63. The monoisotopic (exact) mass is 348 g/mol. The molecule has 5 nitrogen and oxygen atoms in total. The SMILES string of the molecule is Cc1ccnc(N(C)C2CCN(Cc3cccc(OC(F)F)c3)C2)n1. The lowest BCUT2D eigenvalue weighted by molar-refractivity contribution is -0.0499. The smallest absolute Gasteiger partial charge is 0.387 e. The Morgan fingerprint density at radius 3 is 2.96 bits per heavy atom. The van der Waals surface area contributed by atoms with Gasteiger partial charge in [-0.15, -0.1) is 0 Å². The van der Waals surface area contributed by atoms with Crippen LogP contribution < -0.4 is 9.64 Å². The average molecular weight is 348 g/mol. The standard InChI is InChI=1S/C18H22F2N4O/c1-13-6-8-21-18(22-13)23(2)15-7-9-24(12-15)11-14-4-3-5-16(10-14)25-17(19)20/h3-6,8,10,15,17H,7,9,11-12H2,1-2H3. The van der Waals surface area contributed by atoms with Crippen LogP contribution in [-0.4, -0.2) is 47.7 Å². The molecule has 2 heterocycles. The molecule has 1 aliphatic rings. The fourth-order valence-corrected chi connectivity index (χ4v) is 3.12. The molecule has 2 aromatic rings. The number of aromatic nitrogens is 2. The number of likely N-dealkylation sites (N-methyl/N-ethyl adjacent to an activating group) is 1. The maximum Gasteiger partial charge on any atom is 0.387 e. The molecule has 1 aromatic carbocycles. The van der Waals surface area contributed by atoms with E-state index in [-0.39, 0.29) is 5.75 Å². The van der Waals surface area contributed by atoms with Crippen molar-refractivity contribution in [3.05, 3.63) is 47.8 Å². The summed E-state index contributed by atoms with van der Waals surface area (Å²) < 4.78 is 29.1. The van der Waals surface area contributed by atoms with E-state index in [1.807, 2.05) is 26.1 Å². The van der Waals surface area contributed by atoms with E-state index in [2.05, 4.69) is 24.5 Å². The molecular formula is C18H22F2N4O. The number of hydrogen-bond acceptors (Lipinski definition) is 5. The number of nitrogens with zero attached hydrogens (tertiary/aromatic N) is 4. The highest BCUT2D eigenvalue weighted by atomic mass is 19.3. The van der Waals surface area contributed by atoms with Crippen LogP contribution in [0.4, 0.5) is 14.7 Å². The first-order valence-electron chi connectivity index (χ1n) is 8.30. The number of alkyl halides is 2. The highest BCUT2D eigenvalue weighted by molar-refractivity contribution is 5.32. The van der Waals surface area contributed by atoms with Crippen molar-refractivity contribution >= 4 is 5.95 Å². The van der Waals surface area contributed by atoms with Crippen LogP contribution in [0.2, 0.25) is 0 Å². The van der Waals surface area contributed by atoms with Gasteiger partial charge in [0, 0.05) is 44.6 Å². The van der Waals surface area contributed by atoms with Crippen LogP contribution >= 0.6 is 0 Å². The van der Waals surface area contributed by atoms with Gasteiger partial charge in [0.1, 0.15) is 5.75 Å². The number of ether oxygens (including phenoxy) is 1. The number of benzene rings is 1. The Hall–Kier alpha value is -2.28. The Labute approximate surface area is 146 Å². The van der Waals surface area contributed by atoms with E-state index in [4.69, 9.17) is 0 Å². The molecule has 0 saturated carbocycles. The van der Waals surface area contributed by atoms with E-state index < -0.39 is 6.61 Å². The quantitative estimate of drug-likeness (QED) is 0.802. The second kappa shape index (κ2) is 7.74. The molecule has 1 fully saturated rings. The molecule has 1 unspecified atom stereocenters. The van der Waals surface area contributed by atoms with Crippen molar-refractivity contribution in [1.82, 2.24) is 14.9 Å². The fourth-order valence-electron chi connectivity index (χ4n) is 3.12. The predicted octanol–water partition coefficient (Wildman–Crippen LogP) is 3.10. The van der Waals surface area contributed by atoms with Gasteiger partial charge in [0.2, 0.25) is 5.95 Å². The van der Waals surface area contributed by atoms with Gasteiger partial charge < -0.3 is 9.64 Å². The third-order valence-electron chi connectivity index (χ3n) is 4.42. The second-order valence-corrected chi connectivity index (χ2v) is 6.31. The fraction of sp³-hybridized carbons (Fsp3) is 0.444. The van der Waals surface area contributed by atoms with Crippen molar-refractivity contribution in [2.45, 2.75) is 32.5 Å². The largest absolute Gasteiger partial charge is 0.435 e. The van der Waals surface area contributed by atoms with E-state index >= 15 is 0 Å². The molecule has 0 bridgehead atoms. The van der Waals surface area contributed by atoms with Crippen molar-refractivity contribution in [2.75, 3.05) is 25.0 Å². The van der Waals surface area contributed by atoms with E-state index in [1.165, 1.54) is 0 Å². The molecule has 7 heteroatoms. The van der Waals surface area contributed by atoms with E-state index in [9.17, 15) is 8.78 Å². The third-order valence-corrected chi connectivity index (χ3v) is 4.42. The lowest BCUT2D eigenvalue weighted by Crippen LogP contribution is -2.35. The molecule has 1 saturated heterocycles. The normalized spacial score (nSPS) is 17.9. The summed E-state index contributed by atoms with van der Waals surface area (Å²) >= 11 is 0. The molecule has 0 aliphatic carbocycles. The van der Waals surface area contributed by atoms with Crippen molar-refractivity contribution < 1.29 is 13.5 Å². The number of hydrogen-bond donors (Lipinski definition) is 0. The van der Waals surface area contributed by atoms with Crippen molar-refractivity contribution in [1.29, 1.82) is 0 Å². The van der Waals surface area contributed by atoms with Crippen LogP contribution in [0.15, 0.2) is 36.5 Å². The summed E-state index contributed by atoms with van der Waals surface area (Å²) in [5, 5.41) is 0. The highest BCUT2D eigenvalue weighted by Crippen LogP contribution is 2.22. The van der Waals surface area contributed by atoms with Crippen molar-refractivity contribution in [3.63, 3.8) is 0 Å². The first-order valence-corrected chi connectivity index (χ1v) is 8.30. The van der Waals surface area contributed by atoms with Crippen LogP contribution in [-0.2, 0) is 6.54 Å². The molecule has 0 N–H and O–H groups in total. The molecule has 25 heavy (non-hydrogen) atoms. The maximum atomic E-state index is 12.3. The average Bonchev–Trinajstić information content (AvgIpc) is 3.02. The summed E-state index contributed by atoms with van der Waals surface area (Å²) in [6.45, 7) is 1.69. The number of halogens is 2. The molecule has 1 aliphatic heterocycles. The summed E-state index contributed by atoms with van der Waals surface area (Å²) in [5.74, 6) is 0.938. The van der Waals surface area contributed by atoms with Crippen molar-refractivity contribution in [3.8, 4) is 5.75 Å². The van der Waals surface area contributed by atoms with Crippen LogP contribution in [0.1, 0.15) is 17.7 Å². The Balaban J connectivity index is 1.59. The summed E-state index contributed by atoms with van der Waals surface area (Å²) in [6, 6.07) is 9.11. The first-order chi connectivity index (χ1) is 12.0. The number of likely N-dealkylation sites (tertiary alicyclic amines) is 1. The van der Waals surface area contributed by atoms with Crippen LogP contribution in [0, 0.1) is 6.92 Å². The zero-order valence-electron chi connectivity index (χ0n) is 14.4. The summed E-state index contributed by atoms with van der Waals surface area (Å²) in [6.07, 6.45) is 2.79. The van der Waals surface area contributed by atoms with Gasteiger partial charge in [0.15, 0.2) is 0 Å². The Morgan fingerprint density at radius 1 is 1.36 bits per heavy atom. The number of anilines is 1. The van der Waals surface area contributed by atoms with Gasteiger partial charge in [0.25, 0.3) is 0 Å². The molecule has 0 amide bonds. The molecule has 1 aromatic heterocycles. The van der Waals surface area contributed by atoms with Gasteiger partial charge in [-0.25, -0.2) is 9.97 Å². The van der Waals surface area contributed by atoms with Crippen LogP contribution in [0.25, 0.3) is 0 Å². The summed E-state index contributed by atoms with van der Waals surface area (Å²) in [7, 11) is 2.01. The number of aryl methyl sites for hydroxylation is 1. The number of rotatable bonds is 6. The van der Waals surface area contributed by atoms with Gasteiger partial charge >= 0.3 is 6.61 Å². The van der Waals surface area contributed by atoms with Crippen LogP contribution in [0.5, 0.6) is 5.75 Å². The minimum atomic E-state index is -2.80. The molecule has 134 valence electrons. The Bertz CT molecular complexity index is 713. The van der Waals surface area contributed by atoms with Gasteiger partial charge in [-0.3, -0.25) is 4.90 Å². The molecule has 0 radical (unpaired) electrons. The maximum absolute atomic E-state index is 12.3. The van der Waals surface area contributed by atoms with Gasteiger partial charge in [-0.05, 0) is 37.1 Å². The second-order valence-electron chi connectivity index (χ2n) is 6.31. The highest BCUT2D eigenvalue weighted by Gasteiger charge is 2.27. The lowest BCUT2D eigenvalue weighted by atomic mass is 10.2. The molecule has 1 atom stereocenters. The summed E-state index contributed by atoms with van der Waals surface area (Å²) in [4.78, 5) is 13.2. The molecule has 0 spiro atoms. The minimum Gasteiger partial charge on any atom is -0.435 e. The first kappa shape index (κ1) is 17.5.